The summed E-state index contributed by atoms with van der Waals surface area (Å²) < 4.78 is 0.836. The van der Waals surface area contributed by atoms with E-state index in [0.29, 0.717) is 0 Å². The van der Waals surface area contributed by atoms with Crippen LogP contribution in [0.5, 0.6) is 0 Å². The minimum atomic E-state index is 0. The topological polar surface area (TPSA) is 60.8 Å². The van der Waals surface area contributed by atoms with Crippen LogP contribution >= 0.6 is 27.3 Å². The lowest BCUT2D eigenvalue weighted by Crippen LogP contribution is -1.58. The van der Waals surface area contributed by atoms with E-state index in [2.05, 4.69) is 26.1 Å². The minimum absolute atomic E-state index is 0. The first-order valence-corrected chi connectivity index (χ1v) is 2.98. The van der Waals surface area contributed by atoms with Crippen LogP contribution in [0.2, 0.25) is 0 Å². The summed E-state index contributed by atoms with van der Waals surface area (Å²) in [6, 6.07) is 0. The molecule has 0 saturated carbocycles. The maximum absolute atomic E-state index is 3.60. The monoisotopic (exact) mass is 181 g/mol. The molecule has 1 rings (SSSR count). The van der Waals surface area contributed by atoms with E-state index in [4.69, 9.17) is 0 Å². The number of aromatic nitrogens is 2. The SMILES string of the molecule is Brc1nncs1.N. The highest BCUT2D eigenvalue weighted by molar-refractivity contribution is 9.11. The molecule has 7 heavy (non-hydrogen) atoms. The molecule has 0 atom stereocenters. The van der Waals surface area contributed by atoms with Crippen molar-refractivity contribution < 1.29 is 0 Å². The molecule has 0 bridgehead atoms. The molecule has 1 aromatic heterocycles. The highest BCUT2D eigenvalue weighted by Gasteiger charge is 1.80. The lowest BCUT2D eigenvalue weighted by Gasteiger charge is -1.58. The molecule has 0 radical (unpaired) electrons. The summed E-state index contributed by atoms with van der Waals surface area (Å²) in [5.41, 5.74) is 1.67. The zero-order chi connectivity index (χ0) is 4.41. The van der Waals surface area contributed by atoms with Crippen molar-refractivity contribution in [2.75, 3.05) is 0 Å². The van der Waals surface area contributed by atoms with E-state index < -0.39 is 0 Å². The Morgan fingerprint density at radius 1 is 1.71 bits per heavy atom. The highest BCUT2D eigenvalue weighted by atomic mass is 79.9. The van der Waals surface area contributed by atoms with Gasteiger partial charge in [-0.2, -0.15) is 0 Å². The molecule has 1 heterocycles. The average molecular weight is 182 g/mol. The smallest absolute Gasteiger partial charge is 0.183 e. The number of rotatable bonds is 0. The number of halogens is 1. The van der Waals surface area contributed by atoms with E-state index >= 15 is 0 Å². The average Bonchev–Trinajstić information content (AvgIpc) is 1.86. The van der Waals surface area contributed by atoms with Gasteiger partial charge in [-0.05, 0) is 15.9 Å². The number of hydrogen-bond acceptors (Lipinski definition) is 4. The fraction of sp³-hybridized carbons (Fsp3) is 0. The van der Waals surface area contributed by atoms with Crippen LogP contribution < -0.4 is 6.15 Å². The normalized spacial score (nSPS) is 7.57. The van der Waals surface area contributed by atoms with Gasteiger partial charge in [-0.1, -0.05) is 11.3 Å². The second kappa shape index (κ2) is 3.06. The zero-order valence-corrected chi connectivity index (χ0v) is 5.87. The van der Waals surface area contributed by atoms with Gasteiger partial charge in [-0.25, -0.2) is 0 Å². The van der Waals surface area contributed by atoms with Crippen molar-refractivity contribution in [3.8, 4) is 0 Å². The van der Waals surface area contributed by atoms with Gasteiger partial charge in [-0.15, -0.1) is 10.2 Å². The van der Waals surface area contributed by atoms with Crippen LogP contribution in [0.1, 0.15) is 0 Å². The maximum Gasteiger partial charge on any atom is 0.183 e. The lowest BCUT2D eigenvalue weighted by atomic mass is 11.6. The van der Waals surface area contributed by atoms with Crippen LogP contribution in [0.3, 0.4) is 0 Å². The second-order valence-corrected chi connectivity index (χ2v) is 2.80. The predicted octanol–water partition coefficient (Wildman–Crippen LogP) is 1.46. The summed E-state index contributed by atoms with van der Waals surface area (Å²) in [4.78, 5) is 0. The molecule has 0 aliphatic carbocycles. The van der Waals surface area contributed by atoms with Crippen LogP contribution in [0.15, 0.2) is 9.43 Å². The Bertz CT molecular complexity index is 116. The van der Waals surface area contributed by atoms with E-state index in [1.54, 1.807) is 5.51 Å². The van der Waals surface area contributed by atoms with E-state index in [1.807, 2.05) is 0 Å². The molecule has 0 spiro atoms. The Hall–Kier alpha value is -0.0000000000000000486. The maximum atomic E-state index is 3.60. The van der Waals surface area contributed by atoms with E-state index in [0.717, 1.165) is 3.92 Å². The first kappa shape index (κ1) is 7.00. The second-order valence-electron chi connectivity index (χ2n) is 0.692. The molecule has 1 aromatic rings. The Labute approximate surface area is 53.5 Å². The van der Waals surface area contributed by atoms with Crippen molar-refractivity contribution in [3.05, 3.63) is 9.43 Å². The Kier molecular flexibility index (Phi) is 3.06. The first-order chi connectivity index (χ1) is 2.89. The van der Waals surface area contributed by atoms with Gasteiger partial charge in [0.25, 0.3) is 0 Å². The van der Waals surface area contributed by atoms with Gasteiger partial charge < -0.3 is 6.15 Å². The van der Waals surface area contributed by atoms with Gasteiger partial charge in [0.05, 0.1) is 0 Å². The van der Waals surface area contributed by atoms with Crippen molar-refractivity contribution in [2.24, 2.45) is 0 Å². The van der Waals surface area contributed by atoms with E-state index in [-0.39, 0.29) is 6.15 Å². The molecule has 3 nitrogen and oxygen atoms in total. The number of hydrogen-bond donors (Lipinski definition) is 1. The summed E-state index contributed by atoms with van der Waals surface area (Å²) in [5, 5.41) is 7.15. The number of nitrogens with zero attached hydrogens (tertiary/aromatic N) is 2. The molecular formula is C2H4BrN3S. The molecule has 0 amide bonds. The third-order valence-electron chi connectivity index (χ3n) is 0.333. The van der Waals surface area contributed by atoms with Crippen molar-refractivity contribution in [2.45, 2.75) is 0 Å². The zero-order valence-electron chi connectivity index (χ0n) is 3.47. The quantitative estimate of drug-likeness (QED) is 0.660. The Morgan fingerprint density at radius 2 is 2.43 bits per heavy atom. The molecule has 0 aromatic carbocycles. The molecule has 0 aliphatic rings. The summed E-state index contributed by atoms with van der Waals surface area (Å²) in [6.07, 6.45) is 0. The highest BCUT2D eigenvalue weighted by Crippen LogP contribution is 2.07. The third-order valence-corrected chi connectivity index (χ3v) is 1.53. The summed E-state index contributed by atoms with van der Waals surface area (Å²) >= 11 is 4.60. The standard InChI is InChI=1S/C2HBrN2S.H3N/c3-2-5-4-1-6-2;/h1H;1H3. The van der Waals surface area contributed by atoms with Crippen molar-refractivity contribution in [1.82, 2.24) is 16.3 Å². The van der Waals surface area contributed by atoms with Crippen LogP contribution in [0.25, 0.3) is 0 Å². The molecule has 3 N–H and O–H groups in total. The molecule has 0 aliphatic heterocycles. The van der Waals surface area contributed by atoms with Crippen molar-refractivity contribution in [1.29, 1.82) is 0 Å². The van der Waals surface area contributed by atoms with Crippen LogP contribution in [-0.4, -0.2) is 10.2 Å². The summed E-state index contributed by atoms with van der Waals surface area (Å²) in [6.45, 7) is 0. The van der Waals surface area contributed by atoms with Gasteiger partial charge in [0.15, 0.2) is 3.92 Å². The lowest BCUT2D eigenvalue weighted by molar-refractivity contribution is 1.07. The first-order valence-electron chi connectivity index (χ1n) is 1.31. The molecular weight excluding hydrogens is 178 g/mol. The predicted molar refractivity (Wildman–Crippen MR) is 32.6 cm³/mol. The van der Waals surface area contributed by atoms with Crippen LogP contribution in [0, 0.1) is 0 Å². The van der Waals surface area contributed by atoms with Gasteiger partial charge in [0.1, 0.15) is 5.51 Å². The third kappa shape index (κ3) is 1.96. The summed E-state index contributed by atoms with van der Waals surface area (Å²) in [5.74, 6) is 0. The van der Waals surface area contributed by atoms with Gasteiger partial charge in [0, 0.05) is 0 Å². The molecule has 0 saturated heterocycles. The fourth-order valence-electron chi connectivity index (χ4n) is 0.160. The molecule has 40 valence electrons. The van der Waals surface area contributed by atoms with Crippen LogP contribution in [0.4, 0.5) is 0 Å². The minimum Gasteiger partial charge on any atom is -0.344 e. The fourth-order valence-corrected chi connectivity index (χ4v) is 0.777. The van der Waals surface area contributed by atoms with Gasteiger partial charge >= 0.3 is 0 Å². The van der Waals surface area contributed by atoms with Gasteiger partial charge in [0.2, 0.25) is 0 Å². The van der Waals surface area contributed by atoms with E-state index in [9.17, 15) is 0 Å². The van der Waals surface area contributed by atoms with Crippen molar-refractivity contribution >= 4 is 27.3 Å². The molecule has 5 heteroatoms. The van der Waals surface area contributed by atoms with Crippen LogP contribution in [-0.2, 0) is 0 Å². The van der Waals surface area contributed by atoms with E-state index in [1.165, 1.54) is 11.3 Å². The van der Waals surface area contributed by atoms with Crippen molar-refractivity contribution in [3.63, 3.8) is 0 Å². The van der Waals surface area contributed by atoms with Gasteiger partial charge in [-0.3, -0.25) is 0 Å². The molecule has 0 fully saturated rings. The largest absolute Gasteiger partial charge is 0.344 e. The summed E-state index contributed by atoms with van der Waals surface area (Å²) in [7, 11) is 0. The Morgan fingerprint density at radius 3 is 2.57 bits per heavy atom. The Balaban J connectivity index is 0.000000360. The molecule has 0 unspecified atom stereocenters.